The molecule has 1 fully saturated rings. The van der Waals surface area contributed by atoms with Crippen LogP contribution in [0.25, 0.3) is 22.2 Å². The van der Waals surface area contributed by atoms with Crippen molar-refractivity contribution in [3.05, 3.63) is 148 Å². The van der Waals surface area contributed by atoms with E-state index in [2.05, 4.69) is 64.5 Å². The summed E-state index contributed by atoms with van der Waals surface area (Å²) in [6, 6.07) is 31.8. The number of hydrogen-bond donors (Lipinski definition) is 3. The Kier molecular flexibility index (Phi) is 12.8. The number of anilines is 1. The number of nitrogens with one attached hydrogen (secondary N) is 2. The molecule has 51 heavy (non-hydrogen) atoms. The van der Waals surface area contributed by atoms with E-state index in [0.29, 0.717) is 15.7 Å². The first-order valence-electron chi connectivity index (χ1n) is 17.2. The van der Waals surface area contributed by atoms with Gasteiger partial charge in [-0.2, -0.15) is 0 Å². The Morgan fingerprint density at radius 1 is 0.922 bits per heavy atom. The average Bonchev–Trinajstić information content (AvgIpc) is 3.50. The number of allylic oxidation sites excluding steroid dienone is 1. The summed E-state index contributed by atoms with van der Waals surface area (Å²) in [5, 5.41) is 5.43. The summed E-state index contributed by atoms with van der Waals surface area (Å²) in [5.41, 5.74) is 12.4. The molecule has 1 unspecified atom stereocenters. The monoisotopic (exact) mass is 721 g/mol. The van der Waals surface area contributed by atoms with Crippen LogP contribution < -0.4 is 11.1 Å². The second kappa shape index (κ2) is 17.4. The van der Waals surface area contributed by atoms with Crippen molar-refractivity contribution in [2.24, 2.45) is 5.73 Å². The normalized spacial score (nSPS) is 14.1. The number of nitrogens with zero attached hydrogens (tertiary/aromatic N) is 2. The van der Waals surface area contributed by atoms with Crippen LogP contribution >= 0.6 is 23.2 Å². The summed E-state index contributed by atoms with van der Waals surface area (Å²) >= 11 is 12.8. The van der Waals surface area contributed by atoms with Gasteiger partial charge in [0.2, 0.25) is 5.91 Å². The number of H-pyrrole nitrogens is 1. The van der Waals surface area contributed by atoms with Crippen molar-refractivity contribution in [3.8, 4) is 0 Å². The summed E-state index contributed by atoms with van der Waals surface area (Å²) in [6.07, 6.45) is 5.53. The lowest BCUT2D eigenvalue weighted by Crippen LogP contribution is -2.29. The maximum absolute atomic E-state index is 14.5. The maximum atomic E-state index is 14.5. The number of nitrogens with two attached hydrogens (primary N) is 1. The van der Waals surface area contributed by atoms with Gasteiger partial charge in [-0.05, 0) is 98.6 Å². The first-order valence-corrected chi connectivity index (χ1v) is 17.9. The van der Waals surface area contributed by atoms with Gasteiger partial charge < -0.3 is 20.9 Å². The molecule has 5 aromatic rings. The van der Waals surface area contributed by atoms with E-state index in [1.54, 1.807) is 0 Å². The van der Waals surface area contributed by atoms with Gasteiger partial charge in [0, 0.05) is 45.7 Å². The van der Waals surface area contributed by atoms with Gasteiger partial charge in [-0.15, -0.1) is 0 Å². The van der Waals surface area contributed by atoms with E-state index in [9.17, 15) is 9.59 Å². The molecule has 4 N–H and O–H groups in total. The van der Waals surface area contributed by atoms with E-state index in [1.165, 1.54) is 26.2 Å². The molecule has 1 aliphatic heterocycles. The zero-order valence-electron chi connectivity index (χ0n) is 29.4. The molecule has 0 bridgehead atoms. The Bertz CT molecular complexity index is 2010. The smallest absolute Gasteiger partial charge is 0.272 e. The third-order valence-electron chi connectivity index (χ3n) is 9.12. The van der Waals surface area contributed by atoms with Crippen LogP contribution in [0.4, 0.5) is 5.69 Å². The molecule has 2 heterocycles. The molecule has 2 amide bonds. The number of amides is 2. The highest BCUT2D eigenvalue weighted by atomic mass is 35.5. The Labute approximate surface area is 310 Å². The van der Waals surface area contributed by atoms with Crippen LogP contribution in [0.15, 0.2) is 110 Å². The number of aromatic nitrogens is 1. The number of halogens is 2. The fourth-order valence-corrected chi connectivity index (χ4v) is 6.89. The third-order valence-corrected chi connectivity index (χ3v) is 9.61. The summed E-state index contributed by atoms with van der Waals surface area (Å²) in [6.45, 7) is 12.7. The molecule has 0 aliphatic carbocycles. The van der Waals surface area contributed by atoms with Crippen LogP contribution in [0, 0.1) is 0 Å². The molecule has 0 saturated carbocycles. The van der Waals surface area contributed by atoms with Crippen molar-refractivity contribution in [3.63, 3.8) is 0 Å². The second-order valence-corrected chi connectivity index (χ2v) is 13.7. The molecule has 9 heteroatoms. The average molecular weight is 723 g/mol. The Morgan fingerprint density at radius 2 is 1.55 bits per heavy atom. The first kappa shape index (κ1) is 37.4. The lowest BCUT2D eigenvalue weighted by atomic mass is 9.95. The molecule has 4 aromatic carbocycles. The number of fused-ring (bicyclic) bond motifs is 1. The summed E-state index contributed by atoms with van der Waals surface area (Å²) < 4.78 is 0. The number of hydrogen-bond acceptors (Lipinski definition) is 4. The summed E-state index contributed by atoms with van der Waals surface area (Å²) in [4.78, 5) is 31.8. The van der Waals surface area contributed by atoms with Crippen molar-refractivity contribution in [2.45, 2.75) is 52.6 Å². The van der Waals surface area contributed by atoms with Gasteiger partial charge >= 0.3 is 0 Å². The predicted molar refractivity (Wildman–Crippen MR) is 213 cm³/mol. The molecule has 1 atom stereocenters. The highest BCUT2D eigenvalue weighted by molar-refractivity contribution is 6.31. The van der Waals surface area contributed by atoms with Crippen molar-refractivity contribution < 1.29 is 9.59 Å². The van der Waals surface area contributed by atoms with Gasteiger partial charge in [-0.25, -0.2) is 0 Å². The summed E-state index contributed by atoms with van der Waals surface area (Å²) in [5.74, 6) is -0.556. The number of aromatic amines is 1. The fourth-order valence-electron chi connectivity index (χ4n) is 6.59. The second-order valence-electron chi connectivity index (χ2n) is 12.8. The molecular weight excluding hydrogens is 677 g/mol. The molecule has 1 saturated heterocycles. The lowest BCUT2D eigenvalue weighted by Gasteiger charge is -2.33. The Balaban J connectivity index is 0.00000120. The SMILES string of the molecule is C=CN(/C(=C(\C)c1ccccc1)c1c(C(=O)Nc2ccccc2CN2CCCCC2)[nH]c2cc(Cl)ccc12)C(C)c1ccc(Cl)cc1.CC(N)=O. The van der Waals surface area contributed by atoms with Crippen LogP contribution in [0.5, 0.6) is 0 Å². The van der Waals surface area contributed by atoms with E-state index in [1.807, 2.05) is 85.1 Å². The fraction of sp³-hybridized carbons (Fsp3) is 0.238. The van der Waals surface area contributed by atoms with Gasteiger partial charge in [0.1, 0.15) is 5.69 Å². The van der Waals surface area contributed by atoms with Gasteiger partial charge in [0.05, 0.1) is 11.7 Å². The molecule has 0 spiro atoms. The number of carbonyl (C=O) groups excluding carboxylic acids is 2. The predicted octanol–water partition coefficient (Wildman–Crippen LogP) is 10.3. The van der Waals surface area contributed by atoms with Crippen molar-refractivity contribution in [1.82, 2.24) is 14.8 Å². The quantitative estimate of drug-likeness (QED) is 0.134. The summed E-state index contributed by atoms with van der Waals surface area (Å²) in [7, 11) is 0. The Morgan fingerprint density at radius 3 is 2.22 bits per heavy atom. The topological polar surface area (TPSA) is 94.5 Å². The van der Waals surface area contributed by atoms with Crippen molar-refractivity contribution in [1.29, 1.82) is 0 Å². The number of rotatable bonds is 10. The van der Waals surface area contributed by atoms with E-state index >= 15 is 0 Å². The largest absolute Gasteiger partial charge is 0.370 e. The van der Waals surface area contributed by atoms with Gasteiger partial charge in [0.25, 0.3) is 5.91 Å². The van der Waals surface area contributed by atoms with E-state index in [-0.39, 0.29) is 17.9 Å². The number of likely N-dealkylation sites (tertiary alicyclic amines) is 1. The van der Waals surface area contributed by atoms with Crippen LogP contribution in [0.3, 0.4) is 0 Å². The third kappa shape index (κ3) is 9.30. The highest BCUT2D eigenvalue weighted by Crippen LogP contribution is 2.41. The standard InChI is InChI=1S/C40H40Cl2N4O.C2H5NO/c1-4-46(28(3)30-17-19-32(41)20-18-30)39(27(2)29-13-7-5-8-14-29)37-34-22-21-33(42)25-36(34)43-38(37)40(47)44-35-16-10-9-15-31(35)26-45-23-11-6-12-24-45;1-2(3)4/h4-5,7-10,13-22,25,28,43H,1,6,11-12,23-24,26H2,2-3H3,(H,44,47);1H3,(H2,3,4)/b39-27+;. The van der Waals surface area contributed by atoms with E-state index in [0.717, 1.165) is 69.7 Å². The molecule has 6 rings (SSSR count). The number of piperidine rings is 1. The molecule has 7 nitrogen and oxygen atoms in total. The lowest BCUT2D eigenvalue weighted by molar-refractivity contribution is -0.115. The minimum absolute atomic E-state index is 0.128. The zero-order valence-corrected chi connectivity index (χ0v) is 30.9. The first-order chi connectivity index (χ1) is 24.6. The number of primary amides is 1. The molecule has 264 valence electrons. The highest BCUT2D eigenvalue weighted by Gasteiger charge is 2.29. The van der Waals surface area contributed by atoms with Crippen LogP contribution in [-0.2, 0) is 11.3 Å². The van der Waals surface area contributed by atoms with Gasteiger partial charge in [0.15, 0.2) is 0 Å². The van der Waals surface area contributed by atoms with Crippen molar-refractivity contribution >= 4 is 62.9 Å². The van der Waals surface area contributed by atoms with Gasteiger partial charge in [-0.3, -0.25) is 14.5 Å². The minimum Gasteiger partial charge on any atom is -0.370 e. The Hall–Kier alpha value is -4.82. The van der Waals surface area contributed by atoms with Crippen molar-refractivity contribution in [2.75, 3.05) is 18.4 Å². The molecule has 1 aromatic heterocycles. The molecule has 1 aliphatic rings. The number of para-hydroxylation sites is 1. The van der Waals surface area contributed by atoms with Crippen LogP contribution in [0.2, 0.25) is 10.0 Å². The van der Waals surface area contributed by atoms with E-state index < -0.39 is 0 Å². The van der Waals surface area contributed by atoms with E-state index in [4.69, 9.17) is 23.2 Å². The zero-order chi connectivity index (χ0) is 36.5. The van der Waals surface area contributed by atoms with Gasteiger partial charge in [-0.1, -0.05) is 103 Å². The number of benzene rings is 4. The number of carbonyl (C=O) groups is 2. The maximum Gasteiger partial charge on any atom is 0.272 e. The molecular formula is C42H45Cl2N5O2. The van der Waals surface area contributed by atoms with Crippen LogP contribution in [-0.4, -0.2) is 39.7 Å². The molecule has 0 radical (unpaired) electrons. The minimum atomic E-state index is -0.333. The van der Waals surface area contributed by atoms with Crippen LogP contribution in [0.1, 0.15) is 78.8 Å².